The zero-order valence-electron chi connectivity index (χ0n) is 12.4. The van der Waals surface area contributed by atoms with Gasteiger partial charge >= 0.3 is 5.97 Å². The molecule has 1 fully saturated rings. The summed E-state index contributed by atoms with van der Waals surface area (Å²) < 4.78 is 6.64. The number of nitrogens with zero attached hydrogens (tertiary/aromatic N) is 4. The first-order valence-corrected chi connectivity index (χ1v) is 8.37. The molecule has 2 aromatic rings. The largest absolute Gasteiger partial charge is 0.465 e. The lowest BCUT2D eigenvalue weighted by Gasteiger charge is -2.07. The number of rotatable bonds is 6. The van der Waals surface area contributed by atoms with E-state index in [2.05, 4.69) is 34.6 Å². The number of thioether (sulfide) groups is 1. The van der Waals surface area contributed by atoms with Crippen LogP contribution < -0.4 is 0 Å². The van der Waals surface area contributed by atoms with Gasteiger partial charge in [0, 0.05) is 6.42 Å². The van der Waals surface area contributed by atoms with E-state index < -0.39 is 0 Å². The molecule has 1 atom stereocenters. The van der Waals surface area contributed by atoms with Crippen molar-refractivity contribution in [2.45, 2.75) is 43.0 Å². The number of tetrazole rings is 1. The summed E-state index contributed by atoms with van der Waals surface area (Å²) in [6, 6.07) is 8.23. The van der Waals surface area contributed by atoms with Crippen LogP contribution in [0.2, 0.25) is 0 Å². The Balaban J connectivity index is 1.74. The number of carbonyl (C=O) groups excluding carboxylic acids is 1. The molecule has 0 saturated carbocycles. The maximum Gasteiger partial charge on any atom is 0.319 e. The van der Waals surface area contributed by atoms with E-state index in [4.69, 9.17) is 4.74 Å². The molecule has 1 aliphatic rings. The van der Waals surface area contributed by atoms with Gasteiger partial charge in [0.2, 0.25) is 5.16 Å². The lowest BCUT2D eigenvalue weighted by molar-refractivity contribution is -0.137. The SMILES string of the molecule is CCCCc1ccc(-n2nnnc2SC2CCOC2=O)cc1. The minimum atomic E-state index is -0.214. The average Bonchev–Trinajstić information content (AvgIpc) is 3.16. The Labute approximate surface area is 133 Å². The average molecular weight is 318 g/mol. The number of benzene rings is 1. The van der Waals surface area contributed by atoms with Crippen LogP contribution in [0, 0.1) is 0 Å². The quantitative estimate of drug-likeness (QED) is 0.762. The van der Waals surface area contributed by atoms with E-state index in [0.717, 1.165) is 12.1 Å². The smallest absolute Gasteiger partial charge is 0.319 e. The Hall–Kier alpha value is -1.89. The molecule has 0 N–H and O–H groups in total. The molecule has 116 valence electrons. The molecule has 7 heteroatoms. The normalized spacial score (nSPS) is 17.7. The van der Waals surface area contributed by atoms with Crippen molar-refractivity contribution in [3.05, 3.63) is 29.8 Å². The molecule has 1 aromatic carbocycles. The van der Waals surface area contributed by atoms with Gasteiger partial charge in [0.1, 0.15) is 5.25 Å². The number of ether oxygens (including phenoxy) is 1. The monoisotopic (exact) mass is 318 g/mol. The molecule has 2 heterocycles. The third-order valence-corrected chi connectivity index (χ3v) is 4.75. The highest BCUT2D eigenvalue weighted by Gasteiger charge is 2.29. The van der Waals surface area contributed by atoms with Crippen molar-refractivity contribution >= 4 is 17.7 Å². The highest BCUT2D eigenvalue weighted by molar-refractivity contribution is 8.00. The Kier molecular flexibility index (Phi) is 4.72. The van der Waals surface area contributed by atoms with Gasteiger partial charge in [-0.15, -0.1) is 5.10 Å². The van der Waals surface area contributed by atoms with Crippen molar-refractivity contribution in [1.29, 1.82) is 0 Å². The van der Waals surface area contributed by atoms with Crippen LogP contribution in [0.5, 0.6) is 0 Å². The van der Waals surface area contributed by atoms with Crippen LogP contribution in [0.25, 0.3) is 5.69 Å². The Bertz CT molecular complexity index is 641. The molecular weight excluding hydrogens is 300 g/mol. The Morgan fingerprint density at radius 3 is 2.86 bits per heavy atom. The van der Waals surface area contributed by atoms with E-state index >= 15 is 0 Å². The molecule has 0 aliphatic carbocycles. The van der Waals surface area contributed by atoms with E-state index in [9.17, 15) is 4.79 Å². The van der Waals surface area contributed by atoms with E-state index in [1.807, 2.05) is 12.1 Å². The molecule has 0 spiro atoms. The van der Waals surface area contributed by atoms with Crippen molar-refractivity contribution in [3.63, 3.8) is 0 Å². The molecule has 22 heavy (non-hydrogen) atoms. The summed E-state index contributed by atoms with van der Waals surface area (Å²) in [6.45, 7) is 2.66. The summed E-state index contributed by atoms with van der Waals surface area (Å²) in [6.07, 6.45) is 4.16. The summed E-state index contributed by atoms with van der Waals surface area (Å²) in [5, 5.41) is 12.2. The predicted molar refractivity (Wildman–Crippen MR) is 83.0 cm³/mol. The van der Waals surface area contributed by atoms with Gasteiger partial charge < -0.3 is 4.74 Å². The minimum absolute atomic E-state index is 0.186. The van der Waals surface area contributed by atoms with Crippen LogP contribution in [0.3, 0.4) is 0 Å². The number of aromatic nitrogens is 4. The summed E-state index contributed by atoms with van der Waals surface area (Å²) in [5.41, 5.74) is 2.21. The lowest BCUT2D eigenvalue weighted by atomic mass is 10.1. The molecule has 0 amide bonds. The fraction of sp³-hybridized carbons (Fsp3) is 0.467. The fourth-order valence-electron chi connectivity index (χ4n) is 2.31. The molecule has 1 saturated heterocycles. The number of cyclic esters (lactones) is 1. The Morgan fingerprint density at radius 1 is 1.36 bits per heavy atom. The van der Waals surface area contributed by atoms with Crippen molar-refractivity contribution < 1.29 is 9.53 Å². The second-order valence-corrected chi connectivity index (χ2v) is 6.38. The van der Waals surface area contributed by atoms with E-state index in [0.29, 0.717) is 18.2 Å². The van der Waals surface area contributed by atoms with Gasteiger partial charge in [-0.25, -0.2) is 0 Å². The van der Waals surface area contributed by atoms with E-state index in [1.165, 1.54) is 30.2 Å². The highest BCUT2D eigenvalue weighted by Crippen LogP contribution is 2.28. The van der Waals surface area contributed by atoms with Crippen LogP contribution in [0.15, 0.2) is 29.4 Å². The number of hydrogen-bond donors (Lipinski definition) is 0. The first kappa shape index (κ1) is 15.0. The maximum atomic E-state index is 11.6. The molecule has 1 unspecified atom stereocenters. The Morgan fingerprint density at radius 2 is 2.18 bits per heavy atom. The number of aryl methyl sites for hydroxylation is 1. The summed E-state index contributed by atoms with van der Waals surface area (Å²) >= 11 is 1.36. The third-order valence-electron chi connectivity index (χ3n) is 3.58. The number of esters is 1. The van der Waals surface area contributed by atoms with Crippen molar-refractivity contribution in [1.82, 2.24) is 20.2 Å². The van der Waals surface area contributed by atoms with Gasteiger partial charge in [-0.3, -0.25) is 4.79 Å². The standard InChI is InChI=1S/C15H18N4O2S/c1-2-3-4-11-5-7-12(8-6-11)19-15(16-17-18-19)22-13-9-10-21-14(13)20/h5-8,13H,2-4,9-10H2,1H3. The van der Waals surface area contributed by atoms with Crippen LogP contribution in [-0.2, 0) is 16.0 Å². The van der Waals surface area contributed by atoms with Gasteiger partial charge in [-0.05, 0) is 41.0 Å². The molecular formula is C15H18N4O2S. The van der Waals surface area contributed by atoms with Crippen molar-refractivity contribution in [2.75, 3.05) is 6.61 Å². The molecule has 3 rings (SSSR count). The van der Waals surface area contributed by atoms with Crippen LogP contribution in [0.4, 0.5) is 0 Å². The van der Waals surface area contributed by atoms with Crippen LogP contribution in [-0.4, -0.2) is 38.0 Å². The summed E-state index contributed by atoms with van der Waals surface area (Å²) in [7, 11) is 0. The first-order valence-electron chi connectivity index (χ1n) is 7.49. The maximum absolute atomic E-state index is 11.6. The van der Waals surface area contributed by atoms with Gasteiger partial charge in [-0.2, -0.15) is 4.68 Å². The number of carbonyl (C=O) groups is 1. The topological polar surface area (TPSA) is 69.9 Å². The summed E-state index contributed by atoms with van der Waals surface area (Å²) in [4.78, 5) is 11.6. The minimum Gasteiger partial charge on any atom is -0.465 e. The van der Waals surface area contributed by atoms with Crippen LogP contribution in [0.1, 0.15) is 31.7 Å². The lowest BCUT2D eigenvalue weighted by Crippen LogP contribution is -2.11. The van der Waals surface area contributed by atoms with Gasteiger partial charge in [-0.1, -0.05) is 37.2 Å². The predicted octanol–water partition coefficient (Wildman–Crippen LogP) is 2.41. The summed E-state index contributed by atoms with van der Waals surface area (Å²) in [5.74, 6) is -0.186. The van der Waals surface area contributed by atoms with Crippen molar-refractivity contribution in [3.8, 4) is 5.69 Å². The van der Waals surface area contributed by atoms with Crippen LogP contribution >= 0.6 is 11.8 Å². The van der Waals surface area contributed by atoms with Gasteiger partial charge in [0.05, 0.1) is 12.3 Å². The highest BCUT2D eigenvalue weighted by atomic mass is 32.2. The zero-order chi connectivity index (χ0) is 15.4. The van der Waals surface area contributed by atoms with Gasteiger partial charge in [0.15, 0.2) is 0 Å². The molecule has 1 aromatic heterocycles. The number of unbranched alkanes of at least 4 members (excludes halogenated alkanes) is 1. The third kappa shape index (κ3) is 3.30. The van der Waals surface area contributed by atoms with E-state index in [1.54, 1.807) is 4.68 Å². The molecule has 6 nitrogen and oxygen atoms in total. The first-order chi connectivity index (χ1) is 10.8. The van der Waals surface area contributed by atoms with Gasteiger partial charge in [0.25, 0.3) is 0 Å². The second-order valence-electron chi connectivity index (χ2n) is 5.21. The van der Waals surface area contributed by atoms with Crippen molar-refractivity contribution in [2.24, 2.45) is 0 Å². The molecule has 0 bridgehead atoms. The second kappa shape index (κ2) is 6.91. The van der Waals surface area contributed by atoms with E-state index in [-0.39, 0.29) is 11.2 Å². The number of hydrogen-bond acceptors (Lipinski definition) is 6. The molecule has 1 aliphatic heterocycles. The zero-order valence-corrected chi connectivity index (χ0v) is 13.3. The fourth-order valence-corrected chi connectivity index (χ4v) is 3.27. The molecule has 0 radical (unpaired) electrons.